The predicted octanol–water partition coefficient (Wildman–Crippen LogP) is 4.74. The van der Waals surface area contributed by atoms with E-state index in [1.54, 1.807) is 0 Å². The number of carbonyl (C=O) groups excluding carboxylic acids is 1. The lowest BCUT2D eigenvalue weighted by molar-refractivity contribution is -0.144. The van der Waals surface area contributed by atoms with Crippen molar-refractivity contribution in [3.05, 3.63) is 47.5 Å². The molecule has 32 heavy (non-hydrogen) atoms. The minimum atomic E-state index is -4.67. The summed E-state index contributed by atoms with van der Waals surface area (Å²) >= 11 is 0. The molecule has 0 N–H and O–H groups in total. The Balaban J connectivity index is 1.85. The fourth-order valence-electron chi connectivity index (χ4n) is 4.39. The first-order chi connectivity index (χ1) is 15.0. The van der Waals surface area contributed by atoms with Crippen molar-refractivity contribution >= 4 is 5.91 Å². The van der Waals surface area contributed by atoms with Crippen LogP contribution in [0.3, 0.4) is 0 Å². The van der Waals surface area contributed by atoms with E-state index in [4.69, 9.17) is 9.47 Å². The molecule has 0 aliphatic carbocycles. The van der Waals surface area contributed by atoms with Crippen molar-refractivity contribution in [2.45, 2.75) is 51.1 Å². The third kappa shape index (κ3) is 4.68. The maximum absolute atomic E-state index is 14.1. The fraction of sp³-hybridized carbons (Fsp3) is 0.522. The second kappa shape index (κ2) is 8.51. The Kier molecular flexibility index (Phi) is 6.06. The zero-order valence-electron chi connectivity index (χ0n) is 18.0. The predicted molar refractivity (Wildman–Crippen MR) is 110 cm³/mol. The van der Waals surface area contributed by atoms with Gasteiger partial charge in [-0.1, -0.05) is 12.1 Å². The first-order valence-electron chi connectivity index (χ1n) is 10.7. The van der Waals surface area contributed by atoms with Gasteiger partial charge in [0.15, 0.2) is 0 Å². The van der Waals surface area contributed by atoms with Gasteiger partial charge in [0.05, 0.1) is 18.3 Å². The van der Waals surface area contributed by atoms with E-state index in [2.05, 4.69) is 0 Å². The molecule has 1 aromatic heterocycles. The lowest BCUT2D eigenvalue weighted by atomic mass is 10.0. The quantitative estimate of drug-likeness (QED) is 0.627. The van der Waals surface area contributed by atoms with Gasteiger partial charge < -0.3 is 18.9 Å². The van der Waals surface area contributed by atoms with Crippen molar-refractivity contribution in [3.63, 3.8) is 0 Å². The highest BCUT2D eigenvalue weighted by Gasteiger charge is 2.41. The third-order valence-corrected chi connectivity index (χ3v) is 5.87. The van der Waals surface area contributed by atoms with Gasteiger partial charge >= 0.3 is 6.18 Å². The number of hydrogen-bond donors (Lipinski definition) is 0. The molecule has 2 aromatic rings. The molecule has 1 amide bonds. The molecule has 1 unspecified atom stereocenters. The van der Waals surface area contributed by atoms with E-state index < -0.39 is 35.3 Å². The van der Waals surface area contributed by atoms with E-state index >= 15 is 0 Å². The zero-order valence-corrected chi connectivity index (χ0v) is 18.0. The summed E-state index contributed by atoms with van der Waals surface area (Å²) in [5, 5.41) is 0. The molecule has 0 radical (unpaired) electrons. The summed E-state index contributed by atoms with van der Waals surface area (Å²) in [4.78, 5) is 15.2. The van der Waals surface area contributed by atoms with Crippen LogP contribution in [0.1, 0.15) is 42.9 Å². The molecule has 2 aliphatic rings. The monoisotopic (exact) mass is 454 g/mol. The minimum absolute atomic E-state index is 0.0582. The van der Waals surface area contributed by atoms with E-state index in [0.29, 0.717) is 25.2 Å². The summed E-state index contributed by atoms with van der Waals surface area (Å²) in [6.07, 6.45) is -3.69. The summed E-state index contributed by atoms with van der Waals surface area (Å²) in [7, 11) is 0. The molecule has 174 valence electrons. The lowest BCUT2D eigenvalue weighted by Crippen LogP contribution is -2.51. The molecule has 5 nitrogen and oxygen atoms in total. The number of aromatic nitrogens is 1. The number of nitrogens with zero attached hydrogens (tertiary/aromatic N) is 2. The van der Waals surface area contributed by atoms with Crippen molar-refractivity contribution in [2.24, 2.45) is 0 Å². The van der Waals surface area contributed by atoms with Gasteiger partial charge in [0.25, 0.3) is 5.91 Å². The van der Waals surface area contributed by atoms with Crippen LogP contribution in [-0.2, 0) is 22.2 Å². The number of amides is 1. The second-order valence-corrected chi connectivity index (χ2v) is 8.88. The molecule has 2 aliphatic heterocycles. The number of rotatable bonds is 4. The summed E-state index contributed by atoms with van der Waals surface area (Å²) in [6.45, 7) is 4.89. The summed E-state index contributed by atoms with van der Waals surface area (Å²) in [5.41, 5.74) is -1.10. The van der Waals surface area contributed by atoms with Gasteiger partial charge in [-0.3, -0.25) is 4.79 Å². The van der Waals surface area contributed by atoms with Gasteiger partial charge in [0, 0.05) is 31.8 Å². The summed E-state index contributed by atoms with van der Waals surface area (Å²) < 4.78 is 68.0. The van der Waals surface area contributed by atoms with Gasteiger partial charge in [-0.05, 0) is 50.5 Å². The Bertz CT molecular complexity index is 976. The summed E-state index contributed by atoms with van der Waals surface area (Å²) in [5.74, 6) is -1.01. The average Bonchev–Trinajstić information content (AvgIpc) is 3.35. The Hall–Kier alpha value is -2.39. The number of alkyl halides is 3. The standard InChI is InChI=1S/C23H26F4N2O3/c1-22(2)14-28(9-11-32-22)21(30)20-18(15-5-7-16(24)8-6-15)12-19(23(25,26)27)29(20)13-17-4-3-10-31-17/h5-8,12,17H,3-4,9-11,13-14H2,1-2H3. The van der Waals surface area contributed by atoms with Crippen molar-refractivity contribution < 1.29 is 31.8 Å². The number of halogens is 4. The van der Waals surface area contributed by atoms with E-state index in [-0.39, 0.29) is 30.9 Å². The van der Waals surface area contributed by atoms with Gasteiger partial charge in [-0.25, -0.2) is 4.39 Å². The molecule has 2 saturated heterocycles. The highest BCUT2D eigenvalue weighted by Crippen LogP contribution is 2.38. The van der Waals surface area contributed by atoms with E-state index in [0.717, 1.165) is 17.1 Å². The van der Waals surface area contributed by atoms with Gasteiger partial charge in [-0.2, -0.15) is 13.2 Å². The van der Waals surface area contributed by atoms with Crippen LogP contribution in [0.5, 0.6) is 0 Å². The van der Waals surface area contributed by atoms with Gasteiger partial charge in [0.1, 0.15) is 17.2 Å². The van der Waals surface area contributed by atoms with Crippen LogP contribution in [-0.4, -0.2) is 53.4 Å². The normalized spacial score (nSPS) is 21.2. The van der Waals surface area contributed by atoms with Crippen LogP contribution in [0.2, 0.25) is 0 Å². The summed E-state index contributed by atoms with van der Waals surface area (Å²) in [6, 6.07) is 6.11. The number of carbonyl (C=O) groups is 1. The SMILES string of the molecule is CC1(C)CN(C(=O)c2c(-c3ccc(F)cc3)cc(C(F)(F)F)n2CC2CCCO2)CCO1. The Morgan fingerprint density at radius 2 is 1.91 bits per heavy atom. The number of hydrogen-bond acceptors (Lipinski definition) is 3. The first-order valence-corrected chi connectivity index (χ1v) is 10.7. The molecule has 9 heteroatoms. The second-order valence-electron chi connectivity index (χ2n) is 8.88. The third-order valence-electron chi connectivity index (χ3n) is 5.87. The molecule has 2 fully saturated rings. The van der Waals surface area contributed by atoms with Crippen LogP contribution in [0.25, 0.3) is 11.1 Å². The lowest BCUT2D eigenvalue weighted by Gasteiger charge is -2.38. The van der Waals surface area contributed by atoms with Crippen molar-refractivity contribution in [1.82, 2.24) is 9.47 Å². The van der Waals surface area contributed by atoms with Crippen LogP contribution in [0.4, 0.5) is 17.6 Å². The molecule has 4 rings (SSSR count). The fourth-order valence-corrected chi connectivity index (χ4v) is 4.39. The highest BCUT2D eigenvalue weighted by atomic mass is 19.4. The molecule has 3 heterocycles. The minimum Gasteiger partial charge on any atom is -0.376 e. The van der Waals surface area contributed by atoms with Crippen molar-refractivity contribution in [3.8, 4) is 11.1 Å². The largest absolute Gasteiger partial charge is 0.431 e. The molecule has 1 aromatic carbocycles. The van der Waals surface area contributed by atoms with Gasteiger partial charge in [0.2, 0.25) is 0 Å². The molecule has 0 bridgehead atoms. The average molecular weight is 454 g/mol. The van der Waals surface area contributed by atoms with Gasteiger partial charge in [-0.15, -0.1) is 0 Å². The zero-order chi connectivity index (χ0) is 23.1. The van der Waals surface area contributed by atoms with E-state index in [9.17, 15) is 22.4 Å². The molecular formula is C23H26F4N2O3. The highest BCUT2D eigenvalue weighted by molar-refractivity contribution is 6.00. The maximum atomic E-state index is 14.1. The molecular weight excluding hydrogens is 428 g/mol. The van der Waals surface area contributed by atoms with Crippen LogP contribution in [0.15, 0.2) is 30.3 Å². The van der Waals surface area contributed by atoms with Crippen LogP contribution < -0.4 is 0 Å². The van der Waals surface area contributed by atoms with Crippen molar-refractivity contribution in [2.75, 3.05) is 26.3 Å². The molecule has 0 spiro atoms. The maximum Gasteiger partial charge on any atom is 0.431 e. The Morgan fingerprint density at radius 3 is 2.50 bits per heavy atom. The van der Waals surface area contributed by atoms with E-state index in [1.165, 1.54) is 29.2 Å². The van der Waals surface area contributed by atoms with Crippen LogP contribution in [0, 0.1) is 5.82 Å². The topological polar surface area (TPSA) is 43.7 Å². The first kappa shape index (κ1) is 22.8. The molecule has 0 saturated carbocycles. The van der Waals surface area contributed by atoms with E-state index in [1.807, 2.05) is 13.8 Å². The number of morpholine rings is 1. The Morgan fingerprint density at radius 1 is 1.19 bits per heavy atom. The van der Waals surface area contributed by atoms with Crippen LogP contribution >= 0.6 is 0 Å². The Labute approximate surface area is 183 Å². The number of ether oxygens (including phenoxy) is 2. The smallest absolute Gasteiger partial charge is 0.376 e. The molecule has 1 atom stereocenters. The number of benzene rings is 1. The van der Waals surface area contributed by atoms with Crippen molar-refractivity contribution in [1.29, 1.82) is 0 Å².